The van der Waals surface area contributed by atoms with Crippen LogP contribution in [0.15, 0.2) is 54.6 Å². The van der Waals surface area contributed by atoms with Crippen molar-refractivity contribution in [1.29, 1.82) is 5.41 Å². The summed E-state index contributed by atoms with van der Waals surface area (Å²) in [6.07, 6.45) is -2.77. The number of hydrogen-bond acceptors (Lipinski definition) is 6. The van der Waals surface area contributed by atoms with Crippen molar-refractivity contribution >= 4 is 31.2 Å². The molecule has 0 aliphatic rings. The molecule has 1 amide bonds. The first-order valence-corrected chi connectivity index (χ1v) is 11.8. The predicted octanol–water partition coefficient (Wildman–Crippen LogP) is 4.33. The molecule has 0 radical (unpaired) electrons. The number of hydrogen-bond donors (Lipinski definition) is 5. The van der Waals surface area contributed by atoms with Crippen LogP contribution in [0.3, 0.4) is 0 Å². The zero-order valence-electron chi connectivity index (χ0n) is 18.5. The Hall–Kier alpha value is -3.20. The maximum atomic E-state index is 13.1. The Balaban J connectivity index is 2.20. The number of carbonyl (C=O) groups is 2. The average Bonchev–Trinajstić information content (AvgIpc) is 2.75. The van der Waals surface area contributed by atoms with E-state index in [9.17, 15) is 24.2 Å². The zero-order valence-corrected chi connectivity index (χ0v) is 19.4. The number of carbonyl (C=O) groups excluding carboxylic acids is 1. The van der Waals surface area contributed by atoms with Crippen LogP contribution in [-0.4, -0.2) is 33.7 Å². The van der Waals surface area contributed by atoms with Gasteiger partial charge in [-0.15, -0.1) is 0 Å². The number of ether oxygens (including phenoxy) is 1. The molecule has 3 atom stereocenters. The highest BCUT2D eigenvalue weighted by molar-refractivity contribution is 7.53. The fraction of sp³-hybridized carbons (Fsp3) is 0.318. The second-order valence-electron chi connectivity index (χ2n) is 7.62. The minimum absolute atomic E-state index is 0.0432. The molecule has 0 saturated heterocycles. The molecule has 0 aliphatic heterocycles. The molecule has 5 N–H and O–H groups in total. The smallest absolute Gasteiger partial charge is 0.408 e. The molecule has 3 unspecified atom stereocenters. The topological polar surface area (TPSA) is 158 Å². The van der Waals surface area contributed by atoms with Crippen molar-refractivity contribution in [3.05, 3.63) is 65.7 Å². The number of rotatable bonds is 10. The fourth-order valence-corrected chi connectivity index (χ4v) is 4.66. The minimum atomic E-state index is -4.71. The van der Waals surface area contributed by atoms with E-state index in [0.29, 0.717) is 0 Å². The maximum Gasteiger partial charge on any atom is 0.408 e. The summed E-state index contributed by atoms with van der Waals surface area (Å²) in [4.78, 5) is 34.9. The van der Waals surface area contributed by atoms with E-state index in [2.05, 4.69) is 10.6 Å². The van der Waals surface area contributed by atoms with Gasteiger partial charge in [-0.3, -0.25) is 14.5 Å². The number of alkyl carbamates (subject to hydrolysis) is 1. The molecule has 2 rings (SSSR count). The molecule has 2 aromatic carbocycles. The van der Waals surface area contributed by atoms with Crippen LogP contribution in [0.1, 0.15) is 38.0 Å². The quantitative estimate of drug-likeness (QED) is 0.192. The first kappa shape index (κ1) is 26.1. The van der Waals surface area contributed by atoms with Gasteiger partial charge in [0, 0.05) is 11.3 Å². The average molecular weight is 477 g/mol. The van der Waals surface area contributed by atoms with Crippen molar-refractivity contribution in [2.24, 2.45) is 5.92 Å². The van der Waals surface area contributed by atoms with Crippen LogP contribution in [0.4, 0.5) is 10.5 Å². The van der Waals surface area contributed by atoms with Gasteiger partial charge in [-0.1, -0.05) is 62.4 Å². The van der Waals surface area contributed by atoms with E-state index >= 15 is 0 Å². The number of aliphatic carboxylic acids is 1. The molecule has 0 fully saturated rings. The van der Waals surface area contributed by atoms with Crippen molar-refractivity contribution in [1.82, 2.24) is 5.32 Å². The van der Waals surface area contributed by atoms with E-state index in [1.165, 1.54) is 19.1 Å². The lowest BCUT2D eigenvalue weighted by Gasteiger charge is -2.29. The van der Waals surface area contributed by atoms with E-state index in [4.69, 9.17) is 14.7 Å². The number of anilines is 1. The van der Waals surface area contributed by atoms with Crippen molar-refractivity contribution in [3.63, 3.8) is 0 Å². The molecule has 11 heteroatoms. The molecular formula is C22H28N3O7P. The van der Waals surface area contributed by atoms with Crippen LogP contribution in [0.5, 0.6) is 0 Å². The van der Waals surface area contributed by atoms with Gasteiger partial charge in [0.05, 0.1) is 5.84 Å². The van der Waals surface area contributed by atoms with E-state index in [1.807, 2.05) is 6.07 Å². The minimum Gasteiger partial charge on any atom is -0.479 e. The molecule has 0 spiro atoms. The summed E-state index contributed by atoms with van der Waals surface area (Å²) in [5.74, 6) is -3.47. The summed E-state index contributed by atoms with van der Waals surface area (Å²) in [6.45, 7) is 4.58. The standard InChI is InChI=1S/C22H28N3O7P/c1-14(2)20(25-22(28)31-13-16-9-5-4-6-10-16)33(29,30)32-19(21(26)27)17-11-7-8-12-18(17)24-15(3)23/h4-12,14,19-20H,13H2,1-3H3,(H2,23,24)(H,25,28)(H,26,27)(H,29,30). The van der Waals surface area contributed by atoms with Gasteiger partial charge in [0.1, 0.15) is 12.4 Å². The summed E-state index contributed by atoms with van der Waals surface area (Å²) in [6, 6.07) is 15.0. The second-order valence-corrected chi connectivity index (χ2v) is 9.52. The van der Waals surface area contributed by atoms with Gasteiger partial charge in [0.15, 0.2) is 6.10 Å². The van der Waals surface area contributed by atoms with Crippen molar-refractivity contribution in [2.75, 3.05) is 5.32 Å². The number of nitrogens with one attached hydrogen (secondary N) is 3. The molecule has 0 saturated carbocycles. The summed E-state index contributed by atoms with van der Waals surface area (Å²) in [7, 11) is -4.71. The van der Waals surface area contributed by atoms with Crippen LogP contribution in [0.25, 0.3) is 0 Å². The first-order chi connectivity index (χ1) is 15.5. The lowest BCUT2D eigenvalue weighted by atomic mass is 10.1. The van der Waals surface area contributed by atoms with Gasteiger partial charge in [-0.2, -0.15) is 0 Å². The number of para-hydroxylation sites is 1. The Bertz CT molecular complexity index is 1030. The summed E-state index contributed by atoms with van der Waals surface area (Å²) >= 11 is 0. The lowest BCUT2D eigenvalue weighted by molar-refractivity contribution is -0.145. The first-order valence-electron chi connectivity index (χ1n) is 10.1. The molecule has 0 heterocycles. The highest BCUT2D eigenvalue weighted by atomic mass is 31.2. The zero-order chi connectivity index (χ0) is 24.6. The SMILES string of the molecule is CC(=N)Nc1ccccc1C(OP(=O)(O)C(NC(=O)OCc1ccccc1)C(C)C)C(=O)O. The Labute approximate surface area is 192 Å². The third-order valence-electron chi connectivity index (χ3n) is 4.51. The fourth-order valence-electron chi connectivity index (χ4n) is 3.00. The molecule has 178 valence electrons. The van der Waals surface area contributed by atoms with Crippen LogP contribution in [-0.2, 0) is 25.2 Å². The largest absolute Gasteiger partial charge is 0.479 e. The van der Waals surface area contributed by atoms with Crippen molar-refractivity contribution in [3.8, 4) is 0 Å². The van der Waals surface area contributed by atoms with Gasteiger partial charge in [0.2, 0.25) is 0 Å². The normalized spacial score (nSPS) is 14.6. The number of benzene rings is 2. The summed E-state index contributed by atoms with van der Waals surface area (Å²) < 4.78 is 23.5. The van der Waals surface area contributed by atoms with E-state index < -0.39 is 37.5 Å². The Morgan fingerprint density at radius 2 is 1.70 bits per heavy atom. The molecule has 2 aromatic rings. The van der Waals surface area contributed by atoms with E-state index in [1.54, 1.807) is 50.2 Å². The molecule has 0 bridgehead atoms. The van der Waals surface area contributed by atoms with Gasteiger partial charge < -0.3 is 25.4 Å². The molecule has 0 aliphatic carbocycles. The third-order valence-corrected chi connectivity index (χ3v) is 6.45. The molecule has 33 heavy (non-hydrogen) atoms. The molecule has 10 nitrogen and oxygen atoms in total. The monoisotopic (exact) mass is 477 g/mol. The molecular weight excluding hydrogens is 449 g/mol. The van der Waals surface area contributed by atoms with Crippen molar-refractivity contribution < 1.29 is 33.4 Å². The summed E-state index contributed by atoms with van der Waals surface area (Å²) in [5, 5.41) is 22.3. The highest BCUT2D eigenvalue weighted by Crippen LogP contribution is 2.53. The Kier molecular flexibility index (Phi) is 9.16. The lowest BCUT2D eigenvalue weighted by Crippen LogP contribution is -2.39. The number of carboxylic acid groups (broad SMARTS) is 1. The maximum absolute atomic E-state index is 13.1. The predicted molar refractivity (Wildman–Crippen MR) is 123 cm³/mol. The van der Waals surface area contributed by atoms with Gasteiger partial charge in [-0.25, -0.2) is 9.59 Å². The third kappa shape index (κ3) is 7.71. The van der Waals surface area contributed by atoms with Crippen LogP contribution >= 0.6 is 7.60 Å². The van der Waals surface area contributed by atoms with E-state index in [-0.39, 0.29) is 23.7 Å². The van der Waals surface area contributed by atoms with Gasteiger partial charge >= 0.3 is 19.7 Å². The van der Waals surface area contributed by atoms with Gasteiger partial charge in [-0.05, 0) is 24.5 Å². The number of amides is 1. The van der Waals surface area contributed by atoms with Crippen LogP contribution in [0.2, 0.25) is 0 Å². The highest BCUT2D eigenvalue weighted by Gasteiger charge is 2.41. The number of amidine groups is 1. The number of carboxylic acids is 1. The molecule has 0 aromatic heterocycles. The van der Waals surface area contributed by atoms with Crippen LogP contribution in [0, 0.1) is 11.3 Å². The second kappa shape index (κ2) is 11.6. The van der Waals surface area contributed by atoms with Gasteiger partial charge in [0.25, 0.3) is 0 Å². The summed E-state index contributed by atoms with van der Waals surface area (Å²) in [5.41, 5.74) is 1.03. The van der Waals surface area contributed by atoms with Crippen molar-refractivity contribution in [2.45, 2.75) is 39.3 Å². The Morgan fingerprint density at radius 1 is 1.09 bits per heavy atom. The van der Waals surface area contributed by atoms with E-state index in [0.717, 1.165) is 5.56 Å². The van der Waals surface area contributed by atoms with Crippen LogP contribution < -0.4 is 10.6 Å². The Morgan fingerprint density at radius 3 is 2.27 bits per heavy atom.